The Balaban J connectivity index is 3.16. The Hall–Kier alpha value is -1.65. The zero-order valence-corrected chi connectivity index (χ0v) is 15.7. The SMILES string of the molecule is C=C(C)C(=O)Oc1cccc(C(CC)(CC)OC(C)C(C)(C)O)c1. The molecule has 0 saturated heterocycles. The third-order valence-corrected chi connectivity index (χ3v) is 4.46. The fourth-order valence-electron chi connectivity index (χ4n) is 2.41. The largest absolute Gasteiger partial charge is 0.423 e. The molecule has 0 radical (unpaired) electrons. The summed E-state index contributed by atoms with van der Waals surface area (Å²) in [5, 5.41) is 10.2. The Bertz CT molecular complexity index is 580. The van der Waals surface area contributed by atoms with E-state index in [9.17, 15) is 9.90 Å². The Morgan fingerprint density at radius 3 is 2.33 bits per heavy atom. The third kappa shape index (κ3) is 4.92. The van der Waals surface area contributed by atoms with Crippen LogP contribution >= 0.6 is 0 Å². The summed E-state index contributed by atoms with van der Waals surface area (Å²) in [5.41, 5.74) is -0.217. The van der Waals surface area contributed by atoms with Crippen LogP contribution in [0.25, 0.3) is 0 Å². The van der Waals surface area contributed by atoms with Gasteiger partial charge in [-0.2, -0.15) is 0 Å². The maximum absolute atomic E-state index is 11.7. The molecule has 0 saturated carbocycles. The maximum Gasteiger partial charge on any atom is 0.338 e. The fraction of sp³-hybridized carbons (Fsp3) is 0.550. The smallest absolute Gasteiger partial charge is 0.338 e. The first-order valence-electron chi connectivity index (χ1n) is 8.44. The van der Waals surface area contributed by atoms with Gasteiger partial charge in [-0.3, -0.25) is 0 Å². The molecule has 4 nitrogen and oxygen atoms in total. The van der Waals surface area contributed by atoms with Crippen molar-refractivity contribution in [2.24, 2.45) is 0 Å². The second kappa shape index (κ2) is 7.95. The van der Waals surface area contributed by atoms with Gasteiger partial charge in [-0.25, -0.2) is 4.79 Å². The first kappa shape index (κ1) is 20.4. The molecular weight excluding hydrogens is 304 g/mol. The zero-order chi connectivity index (χ0) is 18.5. The number of benzene rings is 1. The van der Waals surface area contributed by atoms with E-state index >= 15 is 0 Å². The summed E-state index contributed by atoms with van der Waals surface area (Å²) in [5.74, 6) is 0.0165. The van der Waals surface area contributed by atoms with E-state index in [0.29, 0.717) is 11.3 Å². The number of esters is 1. The summed E-state index contributed by atoms with van der Waals surface area (Å²) < 4.78 is 11.6. The van der Waals surface area contributed by atoms with Crippen LogP contribution in [0.2, 0.25) is 0 Å². The number of ether oxygens (including phenoxy) is 2. The number of aliphatic hydroxyl groups is 1. The lowest BCUT2D eigenvalue weighted by atomic mass is 9.87. The molecule has 0 heterocycles. The predicted octanol–water partition coefficient (Wildman–Crippen LogP) is 4.36. The molecule has 0 aliphatic carbocycles. The van der Waals surface area contributed by atoms with Crippen molar-refractivity contribution in [3.05, 3.63) is 42.0 Å². The molecular formula is C20H30O4. The Morgan fingerprint density at radius 1 is 1.29 bits per heavy atom. The van der Waals surface area contributed by atoms with Gasteiger partial charge in [-0.05, 0) is 58.2 Å². The lowest BCUT2D eigenvalue weighted by Gasteiger charge is -2.39. The number of hydrogen-bond acceptors (Lipinski definition) is 4. The highest BCUT2D eigenvalue weighted by Gasteiger charge is 2.36. The van der Waals surface area contributed by atoms with E-state index in [4.69, 9.17) is 9.47 Å². The van der Waals surface area contributed by atoms with Gasteiger partial charge in [0.2, 0.25) is 0 Å². The van der Waals surface area contributed by atoms with E-state index < -0.39 is 17.2 Å². The number of rotatable bonds is 8. The molecule has 24 heavy (non-hydrogen) atoms. The van der Waals surface area contributed by atoms with Crippen molar-refractivity contribution in [3.8, 4) is 5.75 Å². The van der Waals surface area contributed by atoms with Gasteiger partial charge in [-0.15, -0.1) is 0 Å². The first-order chi connectivity index (χ1) is 11.1. The van der Waals surface area contributed by atoms with Crippen LogP contribution in [0.1, 0.15) is 59.9 Å². The molecule has 0 bridgehead atoms. The first-order valence-corrected chi connectivity index (χ1v) is 8.44. The summed E-state index contributed by atoms with van der Waals surface area (Å²) in [7, 11) is 0. The van der Waals surface area contributed by atoms with Crippen molar-refractivity contribution in [1.29, 1.82) is 0 Å². The average molecular weight is 334 g/mol. The maximum atomic E-state index is 11.7. The van der Waals surface area contributed by atoms with Gasteiger partial charge in [0, 0.05) is 5.57 Å². The van der Waals surface area contributed by atoms with Gasteiger partial charge in [-0.1, -0.05) is 32.6 Å². The Morgan fingerprint density at radius 2 is 1.88 bits per heavy atom. The van der Waals surface area contributed by atoms with Crippen LogP contribution in [0.3, 0.4) is 0 Å². The van der Waals surface area contributed by atoms with Crippen molar-refractivity contribution >= 4 is 5.97 Å². The van der Waals surface area contributed by atoms with Crippen molar-refractivity contribution < 1.29 is 19.4 Å². The summed E-state index contributed by atoms with van der Waals surface area (Å²) >= 11 is 0. The Labute approximate surface area is 145 Å². The standard InChI is InChI=1S/C20H30O4/c1-8-20(9-2,24-15(5)19(6,7)22)16-11-10-12-17(13-16)23-18(21)14(3)4/h10-13,15,22H,3,8-9H2,1-2,4-7H3. The molecule has 1 unspecified atom stereocenters. The van der Waals surface area contributed by atoms with E-state index in [1.54, 1.807) is 26.8 Å². The van der Waals surface area contributed by atoms with E-state index in [1.165, 1.54) is 0 Å². The molecule has 1 atom stereocenters. The van der Waals surface area contributed by atoms with Gasteiger partial charge in [0.05, 0.1) is 17.3 Å². The number of carbonyl (C=O) groups is 1. The second-order valence-electron chi connectivity index (χ2n) is 6.81. The molecule has 1 rings (SSSR count). The summed E-state index contributed by atoms with van der Waals surface area (Å²) in [4.78, 5) is 11.7. The second-order valence-corrected chi connectivity index (χ2v) is 6.81. The molecule has 4 heteroatoms. The molecule has 0 aliphatic heterocycles. The third-order valence-electron chi connectivity index (χ3n) is 4.46. The molecule has 1 aromatic carbocycles. The van der Waals surface area contributed by atoms with Gasteiger partial charge in [0.1, 0.15) is 5.75 Å². The molecule has 0 amide bonds. The van der Waals surface area contributed by atoms with Crippen LogP contribution in [0, 0.1) is 0 Å². The quantitative estimate of drug-likeness (QED) is 0.436. The molecule has 134 valence electrons. The fourth-order valence-corrected chi connectivity index (χ4v) is 2.41. The highest BCUT2D eigenvalue weighted by Crippen LogP contribution is 2.37. The van der Waals surface area contributed by atoms with Gasteiger partial charge >= 0.3 is 5.97 Å². The van der Waals surface area contributed by atoms with Gasteiger partial charge in [0.25, 0.3) is 0 Å². The molecule has 1 aromatic rings. The van der Waals surface area contributed by atoms with Crippen LogP contribution in [0.4, 0.5) is 0 Å². The lowest BCUT2D eigenvalue weighted by molar-refractivity contribution is -0.164. The normalized spacial score (nSPS) is 13.5. The van der Waals surface area contributed by atoms with E-state index in [2.05, 4.69) is 6.58 Å². The minimum atomic E-state index is -0.945. The highest BCUT2D eigenvalue weighted by atomic mass is 16.5. The van der Waals surface area contributed by atoms with Crippen molar-refractivity contribution in [3.63, 3.8) is 0 Å². The summed E-state index contributed by atoms with van der Waals surface area (Å²) in [6.07, 6.45) is 1.13. The van der Waals surface area contributed by atoms with Crippen LogP contribution in [-0.2, 0) is 15.1 Å². The molecule has 0 fully saturated rings. The zero-order valence-electron chi connectivity index (χ0n) is 15.7. The van der Waals surface area contributed by atoms with Crippen molar-refractivity contribution in [2.45, 2.75) is 71.7 Å². The average Bonchev–Trinajstić information content (AvgIpc) is 2.51. The van der Waals surface area contributed by atoms with Crippen molar-refractivity contribution in [1.82, 2.24) is 0 Å². The highest BCUT2D eigenvalue weighted by molar-refractivity contribution is 5.88. The lowest BCUT2D eigenvalue weighted by Crippen LogP contribution is -2.42. The van der Waals surface area contributed by atoms with Gasteiger partial charge in [0.15, 0.2) is 0 Å². The minimum Gasteiger partial charge on any atom is -0.423 e. The van der Waals surface area contributed by atoms with E-state index in [1.807, 2.05) is 39.0 Å². The number of carbonyl (C=O) groups excluding carboxylic acids is 1. The van der Waals surface area contributed by atoms with Gasteiger partial charge < -0.3 is 14.6 Å². The summed E-state index contributed by atoms with van der Waals surface area (Å²) in [6, 6.07) is 7.36. The molecule has 1 N–H and O–H groups in total. The topological polar surface area (TPSA) is 55.8 Å². The van der Waals surface area contributed by atoms with Crippen LogP contribution in [0.5, 0.6) is 5.75 Å². The van der Waals surface area contributed by atoms with E-state index in [-0.39, 0.29) is 6.10 Å². The molecule has 0 spiro atoms. The summed E-state index contributed by atoms with van der Waals surface area (Å²) in [6.45, 7) is 14.6. The van der Waals surface area contributed by atoms with Crippen LogP contribution in [0.15, 0.2) is 36.4 Å². The van der Waals surface area contributed by atoms with Crippen LogP contribution < -0.4 is 4.74 Å². The predicted molar refractivity (Wildman–Crippen MR) is 96.0 cm³/mol. The number of hydrogen-bond donors (Lipinski definition) is 1. The molecule has 0 aliphatic rings. The Kier molecular flexibility index (Phi) is 6.76. The monoisotopic (exact) mass is 334 g/mol. The van der Waals surface area contributed by atoms with Crippen LogP contribution in [-0.4, -0.2) is 22.8 Å². The van der Waals surface area contributed by atoms with E-state index in [0.717, 1.165) is 18.4 Å². The van der Waals surface area contributed by atoms with Crippen molar-refractivity contribution in [2.75, 3.05) is 0 Å². The molecule has 0 aromatic heterocycles. The minimum absolute atomic E-state index is 0.348.